The number of sulfone groups is 1. The minimum Gasteiger partial charge on any atom is -0.264 e. The summed E-state index contributed by atoms with van der Waals surface area (Å²) in [7, 11) is -7.28. The van der Waals surface area contributed by atoms with Crippen molar-refractivity contribution in [2.24, 2.45) is 0 Å². The lowest BCUT2D eigenvalue weighted by Gasteiger charge is -2.18. The minimum atomic E-state index is -3.77. The fourth-order valence-electron chi connectivity index (χ4n) is 2.17. The van der Waals surface area contributed by atoms with Gasteiger partial charge >= 0.3 is 0 Å². The molecule has 1 aromatic carbocycles. The Kier molecular flexibility index (Phi) is 5.74. The van der Waals surface area contributed by atoms with Crippen LogP contribution in [0.25, 0.3) is 0 Å². The first-order valence-electron chi connectivity index (χ1n) is 7.44. The van der Waals surface area contributed by atoms with Gasteiger partial charge in [-0.3, -0.25) is 4.98 Å². The molecule has 2 aromatic rings. The highest BCUT2D eigenvalue weighted by atomic mass is 32.2. The van der Waals surface area contributed by atoms with Crippen LogP contribution in [0.5, 0.6) is 0 Å². The van der Waals surface area contributed by atoms with E-state index in [1.807, 2.05) is 6.92 Å². The Morgan fingerprint density at radius 2 is 1.75 bits per heavy atom. The second-order valence-corrected chi connectivity index (χ2v) is 9.61. The number of aromatic nitrogens is 1. The van der Waals surface area contributed by atoms with Crippen molar-refractivity contribution in [2.75, 3.05) is 12.3 Å². The molecule has 0 saturated carbocycles. The van der Waals surface area contributed by atoms with Gasteiger partial charge in [0.05, 0.1) is 10.6 Å². The number of rotatable bonds is 7. The van der Waals surface area contributed by atoms with Gasteiger partial charge in [0.25, 0.3) is 0 Å². The largest absolute Gasteiger partial charge is 0.264 e. The lowest BCUT2D eigenvalue weighted by molar-refractivity contribution is 0.569. The third-order valence-electron chi connectivity index (χ3n) is 3.65. The number of benzene rings is 1. The molecule has 0 aliphatic heterocycles. The number of nitrogens with one attached hydrogen (secondary N) is 1. The van der Waals surface area contributed by atoms with E-state index in [1.54, 1.807) is 24.3 Å². The number of aryl methyl sites for hydroxylation is 1. The van der Waals surface area contributed by atoms with Crippen LogP contribution in [0.4, 0.5) is 0 Å². The summed E-state index contributed by atoms with van der Waals surface area (Å²) in [5, 5.41) is -1.05. The summed E-state index contributed by atoms with van der Waals surface area (Å²) in [6, 6.07) is 9.74. The SMILES string of the molecule is CCS(=O)(=O)NC[C@H](c1cccnc1)S(=O)(=O)c1ccc(C)cc1. The Bertz CT molecular complexity index is 877. The second-order valence-electron chi connectivity index (χ2n) is 5.38. The fraction of sp³-hybridized carbons (Fsp3) is 0.312. The van der Waals surface area contributed by atoms with Gasteiger partial charge in [0.1, 0.15) is 5.25 Å². The molecule has 0 spiro atoms. The predicted molar refractivity (Wildman–Crippen MR) is 92.8 cm³/mol. The highest BCUT2D eigenvalue weighted by molar-refractivity contribution is 7.92. The molecule has 24 heavy (non-hydrogen) atoms. The molecule has 130 valence electrons. The summed E-state index contributed by atoms with van der Waals surface area (Å²) in [4.78, 5) is 4.10. The van der Waals surface area contributed by atoms with E-state index in [2.05, 4.69) is 9.71 Å². The molecule has 0 amide bonds. The zero-order valence-corrected chi connectivity index (χ0v) is 15.1. The average Bonchev–Trinajstić information content (AvgIpc) is 2.56. The predicted octanol–water partition coefficient (Wildman–Crippen LogP) is 1.84. The van der Waals surface area contributed by atoms with E-state index in [0.717, 1.165) is 5.56 Å². The minimum absolute atomic E-state index is 0.114. The van der Waals surface area contributed by atoms with E-state index in [4.69, 9.17) is 0 Å². The monoisotopic (exact) mass is 368 g/mol. The molecule has 0 aliphatic rings. The van der Waals surface area contributed by atoms with Crippen LogP contribution in [-0.2, 0) is 19.9 Å². The smallest absolute Gasteiger partial charge is 0.211 e. The Morgan fingerprint density at radius 3 is 2.29 bits per heavy atom. The normalized spacial score (nSPS) is 13.6. The van der Waals surface area contributed by atoms with Crippen molar-refractivity contribution in [2.45, 2.75) is 24.0 Å². The average molecular weight is 368 g/mol. The number of pyridine rings is 1. The Balaban J connectivity index is 2.43. The first-order chi connectivity index (χ1) is 11.3. The summed E-state index contributed by atoms with van der Waals surface area (Å²) >= 11 is 0. The van der Waals surface area contributed by atoms with Crippen LogP contribution in [0.15, 0.2) is 53.7 Å². The van der Waals surface area contributed by atoms with Gasteiger partial charge in [0.2, 0.25) is 10.0 Å². The molecule has 1 aromatic heterocycles. The maximum absolute atomic E-state index is 13.0. The van der Waals surface area contributed by atoms with E-state index in [9.17, 15) is 16.8 Å². The molecule has 1 N–H and O–H groups in total. The van der Waals surface area contributed by atoms with Gasteiger partial charge in [-0.05, 0) is 37.6 Å². The van der Waals surface area contributed by atoms with E-state index in [0.29, 0.717) is 5.56 Å². The second kappa shape index (κ2) is 7.42. The highest BCUT2D eigenvalue weighted by Gasteiger charge is 2.30. The summed E-state index contributed by atoms with van der Waals surface area (Å²) < 4.78 is 51.8. The first kappa shape index (κ1) is 18.6. The van der Waals surface area contributed by atoms with Gasteiger partial charge in [0.15, 0.2) is 9.84 Å². The first-order valence-corrected chi connectivity index (χ1v) is 10.6. The van der Waals surface area contributed by atoms with Crippen LogP contribution in [0.3, 0.4) is 0 Å². The number of sulfonamides is 1. The molecule has 1 atom stereocenters. The van der Waals surface area contributed by atoms with E-state index in [-0.39, 0.29) is 17.2 Å². The molecule has 0 fully saturated rings. The van der Waals surface area contributed by atoms with Crippen molar-refractivity contribution >= 4 is 19.9 Å². The molecule has 0 radical (unpaired) electrons. The van der Waals surface area contributed by atoms with Gasteiger partial charge in [-0.1, -0.05) is 23.8 Å². The number of nitrogens with zero attached hydrogens (tertiary/aromatic N) is 1. The van der Waals surface area contributed by atoms with Crippen LogP contribution in [0, 0.1) is 6.92 Å². The van der Waals surface area contributed by atoms with Crippen molar-refractivity contribution in [3.05, 3.63) is 59.9 Å². The number of hydrogen-bond acceptors (Lipinski definition) is 5. The molecular weight excluding hydrogens is 348 g/mol. The standard InChI is InChI=1S/C16H20N2O4S2/c1-3-23(19,20)18-12-16(14-5-4-10-17-11-14)24(21,22)15-8-6-13(2)7-9-15/h4-11,16,18H,3,12H2,1-2H3/t16-/m1/s1. The lowest BCUT2D eigenvalue weighted by atomic mass is 10.2. The summed E-state index contributed by atoms with van der Waals surface area (Å²) in [5.74, 6) is -0.114. The maximum Gasteiger partial charge on any atom is 0.211 e. The van der Waals surface area contributed by atoms with E-state index in [1.165, 1.54) is 31.5 Å². The van der Waals surface area contributed by atoms with Gasteiger partial charge in [-0.15, -0.1) is 0 Å². The maximum atomic E-state index is 13.0. The molecule has 2 rings (SSSR count). The number of hydrogen-bond donors (Lipinski definition) is 1. The van der Waals surface area contributed by atoms with E-state index < -0.39 is 25.1 Å². The van der Waals surface area contributed by atoms with Crippen molar-refractivity contribution in [1.82, 2.24) is 9.71 Å². The molecule has 0 bridgehead atoms. The molecule has 6 nitrogen and oxygen atoms in total. The van der Waals surface area contributed by atoms with Gasteiger partial charge in [-0.2, -0.15) is 0 Å². The van der Waals surface area contributed by atoms with Crippen LogP contribution in [-0.4, -0.2) is 34.1 Å². The topological polar surface area (TPSA) is 93.2 Å². The van der Waals surface area contributed by atoms with Crippen LogP contribution in [0.1, 0.15) is 23.3 Å². The van der Waals surface area contributed by atoms with Crippen molar-refractivity contribution < 1.29 is 16.8 Å². The Morgan fingerprint density at radius 1 is 1.08 bits per heavy atom. The van der Waals surface area contributed by atoms with E-state index >= 15 is 0 Å². The molecular formula is C16H20N2O4S2. The van der Waals surface area contributed by atoms with Crippen molar-refractivity contribution in [3.63, 3.8) is 0 Å². The van der Waals surface area contributed by atoms with Crippen molar-refractivity contribution in [3.8, 4) is 0 Å². The third kappa shape index (κ3) is 4.40. The van der Waals surface area contributed by atoms with Crippen LogP contribution < -0.4 is 4.72 Å². The molecule has 8 heteroatoms. The Labute approximate surface area is 142 Å². The summed E-state index contributed by atoms with van der Waals surface area (Å²) in [5.41, 5.74) is 1.38. The third-order valence-corrected chi connectivity index (χ3v) is 7.13. The quantitative estimate of drug-likeness (QED) is 0.805. The van der Waals surface area contributed by atoms with Gasteiger partial charge in [-0.25, -0.2) is 21.6 Å². The zero-order valence-electron chi connectivity index (χ0n) is 13.5. The molecule has 1 heterocycles. The Hall–Kier alpha value is -1.77. The lowest BCUT2D eigenvalue weighted by Crippen LogP contribution is -2.33. The van der Waals surface area contributed by atoms with Gasteiger partial charge < -0.3 is 0 Å². The van der Waals surface area contributed by atoms with Crippen molar-refractivity contribution in [1.29, 1.82) is 0 Å². The van der Waals surface area contributed by atoms with Gasteiger partial charge in [0, 0.05) is 18.9 Å². The summed E-state index contributed by atoms with van der Waals surface area (Å²) in [6.45, 7) is 3.12. The molecule has 0 unspecified atom stereocenters. The fourth-order valence-corrected chi connectivity index (χ4v) is 4.54. The van der Waals surface area contributed by atoms with Crippen LogP contribution in [0.2, 0.25) is 0 Å². The highest BCUT2D eigenvalue weighted by Crippen LogP contribution is 2.28. The molecule has 0 aliphatic carbocycles. The molecule has 0 saturated heterocycles. The zero-order chi connectivity index (χ0) is 17.8. The summed E-state index contributed by atoms with van der Waals surface area (Å²) in [6.07, 6.45) is 2.98. The van der Waals surface area contributed by atoms with Crippen LogP contribution >= 0.6 is 0 Å².